The number of sulfonamides is 1. The second kappa shape index (κ2) is 13.7. The smallest absolute Gasteiger partial charge is 0.215 e. The quantitative estimate of drug-likeness (QED) is 0.254. The lowest BCUT2D eigenvalue weighted by atomic mass is 10.0. The van der Waals surface area contributed by atoms with Gasteiger partial charge in [0, 0.05) is 63.4 Å². The van der Waals surface area contributed by atoms with Crippen molar-refractivity contribution in [2.75, 3.05) is 76.3 Å². The fourth-order valence-electron chi connectivity index (χ4n) is 4.09. The Morgan fingerprint density at radius 2 is 1.90 bits per heavy atom. The van der Waals surface area contributed by atoms with Gasteiger partial charge in [0.1, 0.15) is 0 Å². The number of hydrogen-bond acceptors (Lipinski definition) is 6. The summed E-state index contributed by atoms with van der Waals surface area (Å²) in [6.45, 7) is 9.50. The van der Waals surface area contributed by atoms with Crippen molar-refractivity contribution in [3.8, 4) is 0 Å². The Morgan fingerprint density at radius 3 is 2.53 bits per heavy atom. The van der Waals surface area contributed by atoms with Crippen molar-refractivity contribution in [3.05, 3.63) is 0 Å². The van der Waals surface area contributed by atoms with Crippen LogP contribution < -0.4 is 10.6 Å². The fourth-order valence-corrected chi connectivity index (χ4v) is 6.55. The monoisotopic (exact) mass is 575 g/mol. The summed E-state index contributed by atoms with van der Waals surface area (Å²) >= 11 is 1.81. The number of nitrogens with one attached hydrogen (secondary N) is 2. The number of hydrogen-bond donors (Lipinski definition) is 2. The van der Waals surface area contributed by atoms with Crippen molar-refractivity contribution < 1.29 is 13.2 Å². The van der Waals surface area contributed by atoms with Crippen molar-refractivity contribution in [2.24, 2.45) is 10.9 Å². The van der Waals surface area contributed by atoms with Crippen LogP contribution in [0.4, 0.5) is 0 Å². The van der Waals surface area contributed by atoms with E-state index in [0.29, 0.717) is 31.6 Å². The lowest BCUT2D eigenvalue weighted by Crippen LogP contribution is -2.49. The van der Waals surface area contributed by atoms with E-state index in [0.717, 1.165) is 69.7 Å². The van der Waals surface area contributed by atoms with Gasteiger partial charge >= 0.3 is 0 Å². The third kappa shape index (κ3) is 8.61. The Kier molecular flexibility index (Phi) is 12.0. The average Bonchev–Trinajstić information content (AvgIpc) is 3.23. The number of piperidine rings is 1. The van der Waals surface area contributed by atoms with Crippen molar-refractivity contribution in [2.45, 2.75) is 32.2 Å². The number of aliphatic imine (C=N–C) groups is 1. The van der Waals surface area contributed by atoms with Crippen molar-refractivity contribution >= 4 is 51.7 Å². The molecule has 30 heavy (non-hydrogen) atoms. The molecule has 0 aliphatic carbocycles. The summed E-state index contributed by atoms with van der Waals surface area (Å²) in [6.07, 6.45) is 3.36. The molecule has 0 saturated carbocycles. The summed E-state index contributed by atoms with van der Waals surface area (Å²) in [7, 11) is -3.21. The van der Waals surface area contributed by atoms with Gasteiger partial charge in [-0.25, -0.2) is 12.7 Å². The molecule has 3 heterocycles. The van der Waals surface area contributed by atoms with E-state index in [9.17, 15) is 8.42 Å². The number of nitrogens with zero attached hydrogens (tertiary/aromatic N) is 3. The van der Waals surface area contributed by atoms with Gasteiger partial charge in [0.2, 0.25) is 10.0 Å². The molecule has 3 fully saturated rings. The number of thioether (sulfide) groups is 1. The van der Waals surface area contributed by atoms with Gasteiger partial charge < -0.3 is 20.3 Å². The first-order chi connectivity index (χ1) is 14.1. The molecule has 0 amide bonds. The van der Waals surface area contributed by atoms with Gasteiger partial charge in [-0.15, -0.1) is 24.0 Å². The van der Waals surface area contributed by atoms with Crippen molar-refractivity contribution in [3.63, 3.8) is 0 Å². The van der Waals surface area contributed by atoms with Gasteiger partial charge in [0.05, 0.1) is 18.9 Å². The zero-order chi connectivity index (χ0) is 20.5. The van der Waals surface area contributed by atoms with E-state index in [-0.39, 0.29) is 29.7 Å². The fraction of sp³-hybridized carbons (Fsp3) is 0.947. The predicted octanol–water partition coefficient (Wildman–Crippen LogP) is 1.04. The van der Waals surface area contributed by atoms with Crippen molar-refractivity contribution in [1.82, 2.24) is 19.8 Å². The normalized spacial score (nSPS) is 25.1. The molecule has 0 aromatic carbocycles. The molecular weight excluding hydrogens is 537 g/mol. The lowest BCUT2D eigenvalue weighted by Gasteiger charge is -2.34. The molecular formula is C19H38IN5O3S2. The number of rotatable bonds is 8. The summed E-state index contributed by atoms with van der Waals surface area (Å²) in [5.41, 5.74) is 0. The van der Waals surface area contributed by atoms with Crippen LogP contribution >= 0.6 is 35.7 Å². The van der Waals surface area contributed by atoms with Gasteiger partial charge in [0.25, 0.3) is 0 Å². The molecule has 1 unspecified atom stereocenters. The third-order valence-electron chi connectivity index (χ3n) is 5.80. The van der Waals surface area contributed by atoms with Crippen LogP contribution in [0.15, 0.2) is 4.99 Å². The molecule has 3 aliphatic rings. The molecule has 176 valence electrons. The minimum Gasteiger partial charge on any atom is -0.381 e. The second-order valence-electron chi connectivity index (χ2n) is 8.04. The Balaban J connectivity index is 0.00000320. The van der Waals surface area contributed by atoms with Crippen LogP contribution in [0.1, 0.15) is 26.2 Å². The topological polar surface area (TPSA) is 86.3 Å². The van der Waals surface area contributed by atoms with Gasteiger partial charge in [-0.2, -0.15) is 11.8 Å². The van der Waals surface area contributed by atoms with E-state index in [1.165, 1.54) is 6.42 Å². The predicted molar refractivity (Wildman–Crippen MR) is 136 cm³/mol. The van der Waals surface area contributed by atoms with Crippen LogP contribution in [-0.4, -0.2) is 106 Å². The molecule has 0 aromatic rings. The molecule has 11 heteroatoms. The zero-order valence-corrected chi connectivity index (χ0v) is 22.0. The van der Waals surface area contributed by atoms with E-state index in [1.807, 2.05) is 18.7 Å². The highest BCUT2D eigenvalue weighted by atomic mass is 127. The first-order valence-electron chi connectivity index (χ1n) is 11.0. The van der Waals surface area contributed by atoms with E-state index < -0.39 is 10.0 Å². The summed E-state index contributed by atoms with van der Waals surface area (Å²) in [4.78, 5) is 7.09. The number of likely N-dealkylation sites (tertiary alicyclic amines) is 1. The Morgan fingerprint density at radius 1 is 1.17 bits per heavy atom. The molecule has 0 aromatic heterocycles. The zero-order valence-electron chi connectivity index (χ0n) is 18.1. The van der Waals surface area contributed by atoms with Gasteiger partial charge in [-0.05, 0) is 32.1 Å². The highest BCUT2D eigenvalue weighted by molar-refractivity contribution is 14.0. The summed E-state index contributed by atoms with van der Waals surface area (Å²) < 4.78 is 32.1. The van der Waals surface area contributed by atoms with Crippen LogP contribution in [-0.2, 0) is 14.8 Å². The summed E-state index contributed by atoms with van der Waals surface area (Å²) in [5.74, 6) is 3.28. The number of ether oxygens (including phenoxy) is 1. The highest BCUT2D eigenvalue weighted by Gasteiger charge is 2.25. The Labute approximate surface area is 203 Å². The molecule has 2 N–H and O–H groups in total. The second-order valence-corrected chi connectivity index (χ2v) is 11.4. The van der Waals surface area contributed by atoms with Crippen LogP contribution in [0.5, 0.6) is 0 Å². The molecule has 0 bridgehead atoms. The first kappa shape index (κ1) is 26.4. The Bertz CT molecular complexity index is 618. The lowest BCUT2D eigenvalue weighted by molar-refractivity contribution is 0.150. The molecule has 3 aliphatic heterocycles. The van der Waals surface area contributed by atoms with Gasteiger partial charge in [-0.1, -0.05) is 0 Å². The first-order valence-corrected chi connectivity index (χ1v) is 13.7. The maximum Gasteiger partial charge on any atom is 0.215 e. The third-order valence-corrected chi connectivity index (χ3v) is 8.59. The molecule has 0 spiro atoms. The number of halogens is 1. The van der Waals surface area contributed by atoms with Crippen LogP contribution in [0, 0.1) is 5.92 Å². The van der Waals surface area contributed by atoms with E-state index in [1.54, 1.807) is 4.31 Å². The van der Waals surface area contributed by atoms with Gasteiger partial charge in [0.15, 0.2) is 5.96 Å². The van der Waals surface area contributed by atoms with E-state index in [2.05, 4.69) is 20.5 Å². The van der Waals surface area contributed by atoms with E-state index in [4.69, 9.17) is 4.74 Å². The summed E-state index contributed by atoms with van der Waals surface area (Å²) in [6, 6.07) is 0.389. The average molecular weight is 576 g/mol. The van der Waals surface area contributed by atoms with Gasteiger partial charge in [-0.3, -0.25) is 4.99 Å². The van der Waals surface area contributed by atoms with Crippen LogP contribution in [0.2, 0.25) is 0 Å². The highest BCUT2D eigenvalue weighted by Crippen LogP contribution is 2.18. The molecule has 0 radical (unpaired) electrons. The van der Waals surface area contributed by atoms with Crippen LogP contribution in [0.25, 0.3) is 0 Å². The Hall–Kier alpha value is 0.180. The van der Waals surface area contributed by atoms with Crippen molar-refractivity contribution in [1.29, 1.82) is 0 Å². The summed E-state index contributed by atoms with van der Waals surface area (Å²) in [5, 5.41) is 6.78. The standard InChI is InChI=1S/C19H37N5O3S2.HI/c1-2-20-19(21-6-14-29(25,26)24-9-12-28-13-10-24)22-18-3-7-23(8-4-18)15-17-5-11-27-16-17;/h17-18H,2-16H2,1H3,(H2,20,21,22);1H. The number of guanidine groups is 1. The molecule has 3 saturated heterocycles. The van der Waals surface area contributed by atoms with Crippen LogP contribution in [0.3, 0.4) is 0 Å². The SMILES string of the molecule is CCNC(=NCCS(=O)(=O)N1CCSCC1)NC1CCN(CC2CCOC2)CC1.I. The molecule has 8 nitrogen and oxygen atoms in total. The van der Waals surface area contributed by atoms with E-state index >= 15 is 0 Å². The largest absolute Gasteiger partial charge is 0.381 e. The minimum absolute atomic E-state index is 0. The molecule has 3 rings (SSSR count). The minimum atomic E-state index is -3.21. The maximum absolute atomic E-state index is 12.5. The molecule has 1 atom stereocenters. The maximum atomic E-state index is 12.5.